The standard InChI is InChI=1S/C14H19BrN2O5S/c1-3-10(2)17-13(18)9-22-14(19)8-16-23(20,21)12-6-4-5-11(15)7-12/h4-7,10,16H,3,8-9H2,1-2H3,(H,17,18). The largest absolute Gasteiger partial charge is 0.455 e. The Hall–Kier alpha value is -1.45. The minimum atomic E-state index is -3.82. The summed E-state index contributed by atoms with van der Waals surface area (Å²) in [4.78, 5) is 23.0. The molecule has 0 radical (unpaired) electrons. The number of carbonyl (C=O) groups excluding carboxylic acids is 2. The lowest BCUT2D eigenvalue weighted by Crippen LogP contribution is -2.37. The van der Waals surface area contributed by atoms with Crippen LogP contribution < -0.4 is 10.0 Å². The third-order valence-electron chi connectivity index (χ3n) is 2.90. The van der Waals surface area contributed by atoms with Gasteiger partial charge in [0.1, 0.15) is 6.54 Å². The molecule has 1 amide bonds. The zero-order chi connectivity index (χ0) is 17.5. The fourth-order valence-corrected chi connectivity index (χ4v) is 3.05. The van der Waals surface area contributed by atoms with Crippen LogP contribution in [0.25, 0.3) is 0 Å². The molecule has 1 rings (SSSR count). The van der Waals surface area contributed by atoms with E-state index in [1.165, 1.54) is 12.1 Å². The van der Waals surface area contributed by atoms with Crippen molar-refractivity contribution < 1.29 is 22.7 Å². The summed E-state index contributed by atoms with van der Waals surface area (Å²) >= 11 is 3.17. The predicted octanol–water partition coefficient (Wildman–Crippen LogP) is 1.19. The molecule has 0 saturated heterocycles. The number of amides is 1. The molecule has 2 N–H and O–H groups in total. The molecule has 1 aromatic rings. The first-order valence-electron chi connectivity index (χ1n) is 6.95. The number of benzene rings is 1. The average molecular weight is 407 g/mol. The average Bonchev–Trinajstić information content (AvgIpc) is 2.51. The van der Waals surface area contributed by atoms with Gasteiger partial charge in [0.15, 0.2) is 6.61 Å². The van der Waals surface area contributed by atoms with Crippen molar-refractivity contribution in [2.75, 3.05) is 13.2 Å². The molecule has 0 aliphatic carbocycles. The van der Waals surface area contributed by atoms with Gasteiger partial charge in [0.2, 0.25) is 10.0 Å². The molecule has 0 spiro atoms. The summed E-state index contributed by atoms with van der Waals surface area (Å²) < 4.78 is 31.4. The topological polar surface area (TPSA) is 102 Å². The van der Waals surface area contributed by atoms with Gasteiger partial charge in [0.25, 0.3) is 5.91 Å². The normalized spacial score (nSPS) is 12.5. The van der Waals surface area contributed by atoms with E-state index in [4.69, 9.17) is 4.74 Å². The monoisotopic (exact) mass is 406 g/mol. The van der Waals surface area contributed by atoms with Gasteiger partial charge in [-0.25, -0.2) is 8.42 Å². The predicted molar refractivity (Wildman–Crippen MR) is 88.2 cm³/mol. The first-order chi connectivity index (χ1) is 10.7. The van der Waals surface area contributed by atoms with Crippen molar-refractivity contribution in [2.24, 2.45) is 0 Å². The van der Waals surface area contributed by atoms with Gasteiger partial charge < -0.3 is 10.1 Å². The van der Waals surface area contributed by atoms with Crippen molar-refractivity contribution in [3.63, 3.8) is 0 Å². The van der Waals surface area contributed by atoms with E-state index in [1.54, 1.807) is 12.1 Å². The third kappa shape index (κ3) is 7.10. The second-order valence-corrected chi connectivity index (χ2v) is 7.50. The molecule has 0 bridgehead atoms. The Morgan fingerprint density at radius 2 is 2.04 bits per heavy atom. The van der Waals surface area contributed by atoms with Crippen LogP contribution in [0.4, 0.5) is 0 Å². The Morgan fingerprint density at radius 1 is 1.35 bits per heavy atom. The molecule has 0 heterocycles. The van der Waals surface area contributed by atoms with E-state index in [0.717, 1.165) is 6.42 Å². The van der Waals surface area contributed by atoms with Gasteiger partial charge in [-0.3, -0.25) is 9.59 Å². The molecule has 0 aromatic heterocycles. The lowest BCUT2D eigenvalue weighted by Gasteiger charge is -2.11. The van der Waals surface area contributed by atoms with Crippen molar-refractivity contribution in [3.05, 3.63) is 28.7 Å². The van der Waals surface area contributed by atoms with E-state index in [2.05, 4.69) is 26.0 Å². The summed E-state index contributed by atoms with van der Waals surface area (Å²) in [6.07, 6.45) is 0.756. The highest BCUT2D eigenvalue weighted by Gasteiger charge is 2.17. The number of ether oxygens (including phenoxy) is 1. The SMILES string of the molecule is CCC(C)NC(=O)COC(=O)CNS(=O)(=O)c1cccc(Br)c1. The van der Waals surface area contributed by atoms with Crippen molar-refractivity contribution in [3.8, 4) is 0 Å². The quantitative estimate of drug-likeness (QED) is 0.631. The Bertz CT molecular complexity index is 663. The number of halogens is 1. The number of carbonyl (C=O) groups is 2. The zero-order valence-corrected chi connectivity index (χ0v) is 15.2. The number of sulfonamides is 1. The number of nitrogens with one attached hydrogen (secondary N) is 2. The van der Waals surface area contributed by atoms with Crippen LogP contribution in [0.3, 0.4) is 0 Å². The maximum atomic E-state index is 12.0. The first kappa shape index (κ1) is 19.6. The van der Waals surface area contributed by atoms with E-state index in [0.29, 0.717) is 4.47 Å². The molecule has 1 unspecified atom stereocenters. The number of esters is 1. The number of rotatable bonds is 8. The van der Waals surface area contributed by atoms with Gasteiger partial charge in [-0.05, 0) is 31.5 Å². The molecule has 0 fully saturated rings. The lowest BCUT2D eigenvalue weighted by atomic mass is 10.2. The summed E-state index contributed by atoms with van der Waals surface area (Å²) in [5.41, 5.74) is 0. The van der Waals surface area contributed by atoms with Gasteiger partial charge in [0, 0.05) is 10.5 Å². The van der Waals surface area contributed by atoms with E-state index >= 15 is 0 Å². The molecule has 1 atom stereocenters. The zero-order valence-electron chi connectivity index (χ0n) is 12.8. The summed E-state index contributed by atoms with van der Waals surface area (Å²) in [6.45, 7) is 2.74. The van der Waals surface area contributed by atoms with E-state index in [9.17, 15) is 18.0 Å². The van der Waals surface area contributed by atoms with Gasteiger partial charge in [0.05, 0.1) is 4.90 Å². The molecule has 7 nitrogen and oxygen atoms in total. The van der Waals surface area contributed by atoms with Gasteiger partial charge in [-0.15, -0.1) is 0 Å². The minimum Gasteiger partial charge on any atom is -0.455 e. The van der Waals surface area contributed by atoms with E-state index in [1.807, 2.05) is 13.8 Å². The molecule has 128 valence electrons. The van der Waals surface area contributed by atoms with Gasteiger partial charge >= 0.3 is 5.97 Å². The Balaban J connectivity index is 2.45. The molecule has 1 aromatic carbocycles. The van der Waals surface area contributed by atoms with Crippen LogP contribution >= 0.6 is 15.9 Å². The lowest BCUT2D eigenvalue weighted by molar-refractivity contribution is -0.147. The van der Waals surface area contributed by atoms with Crippen molar-refractivity contribution in [1.29, 1.82) is 0 Å². The van der Waals surface area contributed by atoms with Crippen molar-refractivity contribution in [2.45, 2.75) is 31.2 Å². The van der Waals surface area contributed by atoms with Crippen LogP contribution in [0.15, 0.2) is 33.6 Å². The highest BCUT2D eigenvalue weighted by molar-refractivity contribution is 9.10. The second kappa shape index (κ2) is 8.99. The summed E-state index contributed by atoms with van der Waals surface area (Å²) in [6, 6.07) is 6.04. The Morgan fingerprint density at radius 3 is 2.65 bits per heavy atom. The fourth-order valence-electron chi connectivity index (χ4n) is 1.49. The molecular formula is C14H19BrN2O5S. The summed E-state index contributed by atoms with van der Waals surface area (Å²) in [5.74, 6) is -1.26. The maximum absolute atomic E-state index is 12.0. The van der Waals surface area contributed by atoms with Gasteiger partial charge in [-0.1, -0.05) is 28.9 Å². The summed E-state index contributed by atoms with van der Waals surface area (Å²) in [7, 11) is -3.82. The highest BCUT2D eigenvalue weighted by atomic mass is 79.9. The van der Waals surface area contributed by atoms with Crippen molar-refractivity contribution >= 4 is 37.8 Å². The summed E-state index contributed by atoms with van der Waals surface area (Å²) in [5, 5.41) is 2.63. The van der Waals surface area contributed by atoms with Crippen LogP contribution in [0.5, 0.6) is 0 Å². The smallest absolute Gasteiger partial charge is 0.321 e. The Kier molecular flexibility index (Phi) is 7.66. The molecule has 0 saturated carbocycles. The molecule has 0 aliphatic heterocycles. The number of hydrogen-bond donors (Lipinski definition) is 2. The van der Waals surface area contributed by atoms with Crippen LogP contribution in [0.2, 0.25) is 0 Å². The number of hydrogen-bond acceptors (Lipinski definition) is 5. The van der Waals surface area contributed by atoms with E-state index < -0.39 is 35.1 Å². The van der Waals surface area contributed by atoms with Crippen molar-refractivity contribution in [1.82, 2.24) is 10.0 Å². The third-order valence-corrected chi connectivity index (χ3v) is 4.79. The molecular weight excluding hydrogens is 388 g/mol. The molecule has 9 heteroatoms. The first-order valence-corrected chi connectivity index (χ1v) is 9.22. The van der Waals surface area contributed by atoms with Crippen LogP contribution in [-0.2, 0) is 24.3 Å². The van der Waals surface area contributed by atoms with Crippen LogP contribution in [0, 0.1) is 0 Å². The molecule has 23 heavy (non-hydrogen) atoms. The molecule has 0 aliphatic rings. The van der Waals surface area contributed by atoms with E-state index in [-0.39, 0.29) is 10.9 Å². The minimum absolute atomic E-state index is 0.0174. The fraction of sp³-hybridized carbons (Fsp3) is 0.429. The Labute approximate surface area is 144 Å². The van der Waals surface area contributed by atoms with Crippen LogP contribution in [-0.4, -0.2) is 39.5 Å². The highest BCUT2D eigenvalue weighted by Crippen LogP contribution is 2.15. The van der Waals surface area contributed by atoms with Crippen LogP contribution in [0.1, 0.15) is 20.3 Å². The van der Waals surface area contributed by atoms with Gasteiger partial charge in [-0.2, -0.15) is 4.72 Å². The second-order valence-electron chi connectivity index (χ2n) is 4.82. The maximum Gasteiger partial charge on any atom is 0.321 e.